The number of carbonyl (C=O) groups is 1. The number of ether oxygens (including phenoxy) is 1. The van der Waals surface area contributed by atoms with Gasteiger partial charge in [0.2, 0.25) is 5.43 Å². The Bertz CT molecular complexity index is 1770. The number of anilines is 1. The zero-order valence-corrected chi connectivity index (χ0v) is 25.9. The maximum atomic E-state index is 16.0. The number of halogens is 1. The van der Waals surface area contributed by atoms with Crippen molar-refractivity contribution in [3.63, 3.8) is 0 Å². The lowest BCUT2D eigenvalue weighted by Gasteiger charge is -2.32. The molecule has 0 radical (unpaired) electrons. The summed E-state index contributed by atoms with van der Waals surface area (Å²) in [6.07, 6.45) is 6.07. The Labute approximate surface area is 257 Å². The summed E-state index contributed by atoms with van der Waals surface area (Å²) in [7, 11) is 0. The van der Waals surface area contributed by atoms with Gasteiger partial charge < -0.3 is 30.2 Å². The first-order valence-electron chi connectivity index (χ1n) is 15.9. The second-order valence-corrected chi connectivity index (χ2v) is 12.3. The van der Waals surface area contributed by atoms with Crippen molar-refractivity contribution in [3.05, 3.63) is 70.3 Å². The van der Waals surface area contributed by atoms with Gasteiger partial charge in [-0.2, -0.15) is 0 Å². The predicted molar refractivity (Wildman–Crippen MR) is 175 cm³/mol. The van der Waals surface area contributed by atoms with Gasteiger partial charge in [0.25, 0.3) is 5.91 Å². The number of nitrogens with one attached hydrogen (secondary N) is 1. The number of amides is 1. The molecule has 6 rings (SSSR count). The number of likely N-dealkylation sites (tertiary alicyclic amines) is 1. The number of fused-ring (bicyclic) bond motifs is 3. The third-order valence-electron chi connectivity index (χ3n) is 9.04. The number of nitrogens with zero attached hydrogens (tertiary/aromatic N) is 3. The molecule has 4 aromatic rings. The van der Waals surface area contributed by atoms with Crippen molar-refractivity contribution in [2.75, 3.05) is 44.2 Å². The number of nitrogens with two attached hydrogens (primary N) is 1. The fourth-order valence-corrected chi connectivity index (χ4v) is 6.76. The summed E-state index contributed by atoms with van der Waals surface area (Å²) in [4.78, 5) is 31.6. The molecule has 0 spiro atoms. The van der Waals surface area contributed by atoms with Crippen LogP contribution in [-0.4, -0.2) is 60.7 Å². The van der Waals surface area contributed by atoms with Crippen LogP contribution in [0, 0.1) is 11.7 Å². The smallest absolute Gasteiger partial charge is 0.256 e. The van der Waals surface area contributed by atoms with Crippen molar-refractivity contribution < 1.29 is 13.9 Å². The molecule has 2 aliphatic heterocycles. The Hall–Kier alpha value is -3.95. The number of hydrogen-bond donors (Lipinski definition) is 2. The summed E-state index contributed by atoms with van der Waals surface area (Å²) in [5.41, 5.74) is 6.94. The highest BCUT2D eigenvalue weighted by Gasteiger charge is 2.31. The Morgan fingerprint density at radius 1 is 1.20 bits per heavy atom. The van der Waals surface area contributed by atoms with E-state index in [1.807, 2.05) is 59.7 Å². The largest absolute Gasteiger partial charge is 0.451 e. The van der Waals surface area contributed by atoms with E-state index in [2.05, 4.69) is 17.1 Å². The Morgan fingerprint density at radius 2 is 1.98 bits per heavy atom. The molecule has 9 heteroatoms. The van der Waals surface area contributed by atoms with Gasteiger partial charge in [-0.15, -0.1) is 0 Å². The zero-order chi connectivity index (χ0) is 31.0. The SMILES string of the molecule is CCC1CCCN(CCCNC(=O)c2cn3c4c(c(N(CC)CC(C)N)c(F)cc4c2=O)Oc2cc4ccccc4cc2-3)C1. The van der Waals surface area contributed by atoms with E-state index < -0.39 is 17.2 Å². The van der Waals surface area contributed by atoms with E-state index >= 15 is 4.39 Å². The van der Waals surface area contributed by atoms with Crippen LogP contribution in [-0.2, 0) is 0 Å². The number of rotatable bonds is 10. The molecule has 1 saturated heterocycles. The van der Waals surface area contributed by atoms with Crippen LogP contribution in [0.1, 0.15) is 56.8 Å². The predicted octanol–water partition coefficient (Wildman–Crippen LogP) is 5.80. The van der Waals surface area contributed by atoms with E-state index in [1.165, 1.54) is 25.3 Å². The number of piperidine rings is 1. The lowest BCUT2D eigenvalue weighted by atomic mass is 9.95. The molecule has 8 nitrogen and oxygen atoms in total. The molecule has 1 amide bonds. The Balaban J connectivity index is 1.40. The minimum atomic E-state index is -0.590. The molecule has 1 fully saturated rings. The van der Waals surface area contributed by atoms with Crippen LogP contribution >= 0.6 is 0 Å². The molecule has 0 bridgehead atoms. The average Bonchev–Trinajstić information content (AvgIpc) is 3.02. The highest BCUT2D eigenvalue weighted by molar-refractivity contribution is 6.02. The lowest BCUT2D eigenvalue weighted by molar-refractivity contribution is 0.0948. The van der Waals surface area contributed by atoms with Gasteiger partial charge in [0.15, 0.2) is 17.3 Å². The summed E-state index contributed by atoms with van der Waals surface area (Å²) in [6.45, 7) is 10.5. The van der Waals surface area contributed by atoms with Crippen LogP contribution in [0.5, 0.6) is 11.5 Å². The zero-order valence-electron chi connectivity index (χ0n) is 25.9. The van der Waals surface area contributed by atoms with Crippen LogP contribution in [0.3, 0.4) is 0 Å². The average molecular weight is 600 g/mol. The Kier molecular flexibility index (Phi) is 8.60. The molecule has 44 heavy (non-hydrogen) atoms. The number of aromatic nitrogens is 1. The molecule has 2 unspecified atom stereocenters. The van der Waals surface area contributed by atoms with Gasteiger partial charge in [-0.3, -0.25) is 9.59 Å². The summed E-state index contributed by atoms with van der Waals surface area (Å²) in [6, 6.07) is 12.8. The first kappa shape index (κ1) is 30.1. The fraction of sp³-hybridized carbons (Fsp3) is 0.429. The van der Waals surface area contributed by atoms with Gasteiger partial charge in [0.1, 0.15) is 16.8 Å². The molecule has 0 saturated carbocycles. The van der Waals surface area contributed by atoms with Gasteiger partial charge in [-0.05, 0) is 81.1 Å². The number of pyridine rings is 1. The standard InChI is InChI=1S/C35H42FN5O3/c1-4-23-10-8-14-39(20-23)15-9-13-38-35(43)27-21-41-29-16-24-11-6-7-12-25(24)17-30(29)44-34-31(41)26(33(27)42)18-28(36)32(34)40(5-2)19-22(3)37/h6-7,11-12,16-18,21-23H,4-5,8-10,13-15,19-20,37H2,1-3H3,(H,38,43). The molecule has 0 aliphatic carbocycles. The second kappa shape index (κ2) is 12.6. The van der Waals surface area contributed by atoms with E-state index in [4.69, 9.17) is 10.5 Å². The summed E-state index contributed by atoms with van der Waals surface area (Å²) < 4.78 is 24.3. The molecule has 1 aromatic heterocycles. The van der Waals surface area contributed by atoms with Crippen molar-refractivity contribution in [1.82, 2.24) is 14.8 Å². The first-order chi connectivity index (χ1) is 21.3. The monoisotopic (exact) mass is 599 g/mol. The normalized spacial score (nSPS) is 16.9. The summed E-state index contributed by atoms with van der Waals surface area (Å²) in [5, 5.41) is 5.00. The van der Waals surface area contributed by atoms with Crippen LogP contribution in [0.4, 0.5) is 10.1 Å². The topological polar surface area (TPSA) is 92.8 Å². The highest BCUT2D eigenvalue weighted by Crippen LogP contribution is 2.47. The van der Waals surface area contributed by atoms with E-state index in [9.17, 15) is 9.59 Å². The maximum absolute atomic E-state index is 16.0. The van der Waals surface area contributed by atoms with E-state index in [0.29, 0.717) is 36.6 Å². The van der Waals surface area contributed by atoms with Crippen LogP contribution in [0.25, 0.3) is 27.4 Å². The molecule has 3 heterocycles. The van der Waals surface area contributed by atoms with Crippen molar-refractivity contribution in [2.45, 2.75) is 52.5 Å². The van der Waals surface area contributed by atoms with E-state index in [1.54, 1.807) is 6.20 Å². The summed E-state index contributed by atoms with van der Waals surface area (Å²) in [5.74, 6) is 0.459. The van der Waals surface area contributed by atoms with Crippen molar-refractivity contribution in [3.8, 4) is 17.2 Å². The Morgan fingerprint density at radius 3 is 2.70 bits per heavy atom. The first-order valence-corrected chi connectivity index (χ1v) is 15.9. The van der Waals surface area contributed by atoms with Crippen LogP contribution < -0.4 is 26.1 Å². The fourth-order valence-electron chi connectivity index (χ4n) is 6.76. The number of hydrogen-bond acceptors (Lipinski definition) is 6. The molecule has 232 valence electrons. The van der Waals surface area contributed by atoms with Gasteiger partial charge >= 0.3 is 0 Å². The third kappa shape index (κ3) is 5.66. The van der Waals surface area contributed by atoms with Crippen molar-refractivity contribution in [2.24, 2.45) is 11.7 Å². The molecular formula is C35H42FN5O3. The molecule has 3 N–H and O–H groups in total. The maximum Gasteiger partial charge on any atom is 0.256 e. The van der Waals surface area contributed by atoms with Crippen LogP contribution in [0.2, 0.25) is 0 Å². The van der Waals surface area contributed by atoms with Gasteiger partial charge in [-0.1, -0.05) is 37.6 Å². The molecule has 2 aliphatic rings. The molecule has 3 aromatic carbocycles. The van der Waals surface area contributed by atoms with E-state index in [-0.39, 0.29) is 28.4 Å². The van der Waals surface area contributed by atoms with Gasteiger partial charge in [0.05, 0.1) is 11.1 Å². The number of benzene rings is 3. The summed E-state index contributed by atoms with van der Waals surface area (Å²) >= 11 is 0. The van der Waals surface area contributed by atoms with Crippen LogP contribution in [0.15, 0.2) is 53.5 Å². The minimum absolute atomic E-state index is 0.0245. The quantitative estimate of drug-likeness (QED) is 0.197. The third-order valence-corrected chi connectivity index (χ3v) is 9.04. The second-order valence-electron chi connectivity index (χ2n) is 12.3. The molecule has 2 atom stereocenters. The lowest BCUT2D eigenvalue weighted by Crippen LogP contribution is -2.38. The number of likely N-dealkylation sites (N-methyl/N-ethyl adjacent to an activating group) is 1. The van der Waals surface area contributed by atoms with Crippen molar-refractivity contribution >= 4 is 33.3 Å². The van der Waals surface area contributed by atoms with Crippen molar-refractivity contribution in [1.29, 1.82) is 0 Å². The highest BCUT2D eigenvalue weighted by atomic mass is 19.1. The van der Waals surface area contributed by atoms with Gasteiger partial charge in [-0.25, -0.2) is 4.39 Å². The van der Waals surface area contributed by atoms with Gasteiger partial charge in [0, 0.05) is 38.4 Å². The van der Waals surface area contributed by atoms with E-state index in [0.717, 1.165) is 42.7 Å². The number of carbonyl (C=O) groups excluding carboxylic acids is 1. The minimum Gasteiger partial charge on any atom is -0.451 e. The molecular weight excluding hydrogens is 557 g/mol.